The molecule has 22 heavy (non-hydrogen) atoms. The molecule has 1 atom stereocenters. The number of aromatic nitrogens is 2. The zero-order chi connectivity index (χ0) is 15.9. The Kier molecular flexibility index (Phi) is 5.30. The Labute approximate surface area is 129 Å². The van der Waals surface area contributed by atoms with Gasteiger partial charge in [0.15, 0.2) is 5.69 Å². The Bertz CT molecular complexity index is 628. The Morgan fingerprint density at radius 1 is 1.27 bits per heavy atom. The van der Waals surface area contributed by atoms with Crippen molar-refractivity contribution < 1.29 is 9.53 Å². The topological polar surface area (TPSA) is 90.1 Å². The number of benzene rings is 1. The van der Waals surface area contributed by atoms with E-state index in [-0.39, 0.29) is 11.8 Å². The molecular weight excluding hydrogens is 280 g/mol. The smallest absolute Gasteiger partial charge is 0.269 e. The Morgan fingerprint density at radius 2 is 2.05 bits per heavy atom. The van der Waals surface area contributed by atoms with Crippen LogP contribution in [0.4, 0.5) is 5.82 Å². The van der Waals surface area contributed by atoms with Crippen molar-refractivity contribution in [3.8, 4) is 5.75 Å². The maximum absolute atomic E-state index is 10.9. The van der Waals surface area contributed by atoms with Gasteiger partial charge >= 0.3 is 0 Å². The molecule has 0 fully saturated rings. The lowest BCUT2D eigenvalue weighted by Gasteiger charge is -2.19. The van der Waals surface area contributed by atoms with Gasteiger partial charge in [0.05, 0.1) is 6.54 Å². The summed E-state index contributed by atoms with van der Waals surface area (Å²) in [7, 11) is 0. The van der Waals surface area contributed by atoms with E-state index in [1.165, 1.54) is 0 Å². The van der Waals surface area contributed by atoms with Crippen LogP contribution in [0.25, 0.3) is 0 Å². The third-order valence-corrected chi connectivity index (χ3v) is 3.27. The SMILES string of the molecule is CCC(CNc1ccc(C(N)=O)nn1)Oc1ccccc1C. The molecule has 116 valence electrons. The quantitative estimate of drug-likeness (QED) is 0.817. The summed E-state index contributed by atoms with van der Waals surface area (Å²) in [5, 5.41) is 10.8. The van der Waals surface area contributed by atoms with Gasteiger partial charge in [0.2, 0.25) is 0 Å². The third kappa shape index (κ3) is 4.18. The highest BCUT2D eigenvalue weighted by Gasteiger charge is 2.10. The fourth-order valence-electron chi connectivity index (χ4n) is 1.91. The molecule has 1 aromatic carbocycles. The van der Waals surface area contributed by atoms with E-state index in [0.29, 0.717) is 12.4 Å². The van der Waals surface area contributed by atoms with E-state index < -0.39 is 5.91 Å². The first-order chi connectivity index (χ1) is 10.6. The first-order valence-electron chi connectivity index (χ1n) is 7.20. The third-order valence-electron chi connectivity index (χ3n) is 3.27. The highest BCUT2D eigenvalue weighted by molar-refractivity contribution is 5.90. The lowest BCUT2D eigenvalue weighted by atomic mass is 10.2. The molecule has 2 rings (SSSR count). The van der Waals surface area contributed by atoms with Crippen LogP contribution in [0, 0.1) is 6.92 Å². The first-order valence-corrected chi connectivity index (χ1v) is 7.20. The molecule has 1 amide bonds. The maximum Gasteiger partial charge on any atom is 0.269 e. The van der Waals surface area contributed by atoms with Gasteiger partial charge in [-0.05, 0) is 37.1 Å². The minimum atomic E-state index is -0.589. The summed E-state index contributed by atoms with van der Waals surface area (Å²) < 4.78 is 5.99. The minimum absolute atomic E-state index is 0.0127. The van der Waals surface area contributed by atoms with Gasteiger partial charge < -0.3 is 15.8 Å². The zero-order valence-corrected chi connectivity index (χ0v) is 12.7. The number of hydrogen-bond acceptors (Lipinski definition) is 5. The summed E-state index contributed by atoms with van der Waals surface area (Å²) in [6, 6.07) is 11.1. The van der Waals surface area contributed by atoms with Crippen LogP contribution in [0.15, 0.2) is 36.4 Å². The molecule has 0 radical (unpaired) electrons. The van der Waals surface area contributed by atoms with Crippen LogP contribution in [-0.4, -0.2) is 28.8 Å². The molecule has 1 aromatic heterocycles. The predicted octanol–water partition coefficient (Wildman–Crippen LogP) is 2.15. The number of primary amides is 1. The summed E-state index contributed by atoms with van der Waals surface area (Å²) in [5.41, 5.74) is 6.38. The molecule has 0 aliphatic carbocycles. The van der Waals surface area contributed by atoms with Crippen molar-refractivity contribution in [2.75, 3.05) is 11.9 Å². The number of carbonyl (C=O) groups is 1. The van der Waals surface area contributed by atoms with E-state index in [9.17, 15) is 4.79 Å². The average Bonchev–Trinajstić information content (AvgIpc) is 2.53. The van der Waals surface area contributed by atoms with Crippen LogP contribution in [0.5, 0.6) is 5.75 Å². The number of rotatable bonds is 7. The summed E-state index contributed by atoms with van der Waals surface area (Å²) in [6.07, 6.45) is 0.868. The standard InChI is InChI=1S/C16H20N4O2/c1-3-12(22-14-7-5-4-6-11(14)2)10-18-15-9-8-13(16(17)21)19-20-15/h4-9,12H,3,10H2,1-2H3,(H2,17,21)(H,18,20). The van der Waals surface area contributed by atoms with Gasteiger partial charge in [-0.1, -0.05) is 25.1 Å². The monoisotopic (exact) mass is 300 g/mol. The van der Waals surface area contributed by atoms with Gasteiger partial charge in [0.1, 0.15) is 17.7 Å². The van der Waals surface area contributed by atoms with Gasteiger partial charge in [-0.15, -0.1) is 10.2 Å². The molecule has 2 aromatic rings. The van der Waals surface area contributed by atoms with Crippen molar-refractivity contribution in [1.82, 2.24) is 10.2 Å². The number of nitrogens with zero attached hydrogens (tertiary/aromatic N) is 2. The Morgan fingerprint density at radius 3 is 2.64 bits per heavy atom. The second-order valence-electron chi connectivity index (χ2n) is 4.96. The highest BCUT2D eigenvalue weighted by atomic mass is 16.5. The lowest BCUT2D eigenvalue weighted by molar-refractivity contribution is 0.0994. The zero-order valence-electron chi connectivity index (χ0n) is 12.7. The molecule has 0 aliphatic rings. The molecule has 0 saturated carbocycles. The molecule has 0 bridgehead atoms. The summed E-state index contributed by atoms with van der Waals surface area (Å²) in [6.45, 7) is 4.67. The largest absolute Gasteiger partial charge is 0.488 e. The van der Waals surface area contributed by atoms with Crippen LogP contribution in [0.1, 0.15) is 29.4 Å². The molecule has 0 aliphatic heterocycles. The minimum Gasteiger partial charge on any atom is -0.488 e. The second kappa shape index (κ2) is 7.40. The number of carbonyl (C=O) groups excluding carboxylic acids is 1. The fourth-order valence-corrected chi connectivity index (χ4v) is 1.91. The van der Waals surface area contributed by atoms with E-state index >= 15 is 0 Å². The van der Waals surface area contributed by atoms with Gasteiger partial charge in [-0.3, -0.25) is 4.79 Å². The average molecular weight is 300 g/mol. The number of aryl methyl sites for hydroxylation is 1. The molecule has 3 N–H and O–H groups in total. The highest BCUT2D eigenvalue weighted by Crippen LogP contribution is 2.19. The Balaban J connectivity index is 1.93. The normalized spacial score (nSPS) is 11.7. The van der Waals surface area contributed by atoms with Gasteiger partial charge in [0.25, 0.3) is 5.91 Å². The number of anilines is 1. The number of nitrogens with one attached hydrogen (secondary N) is 1. The van der Waals surface area contributed by atoms with Crippen LogP contribution >= 0.6 is 0 Å². The van der Waals surface area contributed by atoms with Gasteiger partial charge in [0, 0.05) is 0 Å². The number of hydrogen-bond donors (Lipinski definition) is 2. The number of para-hydroxylation sites is 1. The van der Waals surface area contributed by atoms with E-state index in [1.54, 1.807) is 12.1 Å². The summed E-state index contributed by atoms with van der Waals surface area (Å²) >= 11 is 0. The molecule has 1 unspecified atom stereocenters. The number of ether oxygens (including phenoxy) is 1. The van der Waals surface area contributed by atoms with E-state index in [0.717, 1.165) is 17.7 Å². The molecule has 0 spiro atoms. The van der Waals surface area contributed by atoms with Crippen molar-refractivity contribution in [1.29, 1.82) is 0 Å². The lowest BCUT2D eigenvalue weighted by Crippen LogP contribution is -2.26. The molecular formula is C16H20N4O2. The summed E-state index contributed by atoms with van der Waals surface area (Å²) in [4.78, 5) is 10.9. The first kappa shape index (κ1) is 15.8. The molecule has 0 saturated heterocycles. The summed E-state index contributed by atoms with van der Waals surface area (Å²) in [5.74, 6) is 0.872. The number of amides is 1. The van der Waals surface area contributed by atoms with Crippen molar-refractivity contribution in [3.05, 3.63) is 47.7 Å². The van der Waals surface area contributed by atoms with E-state index in [1.807, 2.05) is 31.2 Å². The molecule has 6 nitrogen and oxygen atoms in total. The number of nitrogens with two attached hydrogens (primary N) is 1. The van der Waals surface area contributed by atoms with Gasteiger partial charge in [-0.2, -0.15) is 0 Å². The van der Waals surface area contributed by atoms with Crippen LogP contribution in [0.2, 0.25) is 0 Å². The van der Waals surface area contributed by atoms with E-state index in [4.69, 9.17) is 10.5 Å². The molecule has 6 heteroatoms. The van der Waals surface area contributed by atoms with Crippen molar-refractivity contribution in [2.24, 2.45) is 5.73 Å². The van der Waals surface area contributed by atoms with Gasteiger partial charge in [-0.25, -0.2) is 0 Å². The van der Waals surface area contributed by atoms with Crippen LogP contribution < -0.4 is 15.8 Å². The van der Waals surface area contributed by atoms with E-state index in [2.05, 4.69) is 22.4 Å². The predicted molar refractivity (Wildman–Crippen MR) is 84.9 cm³/mol. The van der Waals surface area contributed by atoms with Crippen molar-refractivity contribution >= 4 is 11.7 Å². The van der Waals surface area contributed by atoms with Crippen LogP contribution in [-0.2, 0) is 0 Å². The van der Waals surface area contributed by atoms with Crippen LogP contribution in [0.3, 0.4) is 0 Å². The second-order valence-corrected chi connectivity index (χ2v) is 4.96. The Hall–Kier alpha value is -2.63. The van der Waals surface area contributed by atoms with Crippen molar-refractivity contribution in [3.63, 3.8) is 0 Å². The molecule has 1 heterocycles. The maximum atomic E-state index is 10.9. The van der Waals surface area contributed by atoms with Crippen molar-refractivity contribution in [2.45, 2.75) is 26.4 Å². The fraction of sp³-hybridized carbons (Fsp3) is 0.312.